The number of oxazole rings is 1. The number of carbonyl (C=O) groups excluding carboxylic acids is 4. The summed E-state index contributed by atoms with van der Waals surface area (Å²) in [5, 5.41) is 12.3. The van der Waals surface area contributed by atoms with Gasteiger partial charge in [0.15, 0.2) is 27.0 Å². The molecule has 1 aliphatic heterocycles. The van der Waals surface area contributed by atoms with Crippen molar-refractivity contribution in [3.8, 4) is 0 Å². The minimum atomic E-state index is -3.41. The van der Waals surface area contributed by atoms with E-state index in [4.69, 9.17) is 8.94 Å². The molecular formula is C34H38N6O8S. The van der Waals surface area contributed by atoms with Gasteiger partial charge >= 0.3 is 0 Å². The molecule has 0 spiro atoms. The van der Waals surface area contributed by atoms with Crippen LogP contribution in [0.25, 0.3) is 0 Å². The molecular weight excluding hydrogens is 652 g/mol. The summed E-state index contributed by atoms with van der Waals surface area (Å²) in [5.74, 6) is -1.57. The second kappa shape index (κ2) is 15.3. The second-order valence-electron chi connectivity index (χ2n) is 12.3. The van der Waals surface area contributed by atoms with E-state index in [1.54, 1.807) is 12.1 Å². The first-order chi connectivity index (χ1) is 23.4. The molecule has 0 radical (unpaired) electrons. The Morgan fingerprint density at radius 2 is 1.65 bits per heavy atom. The average Bonchev–Trinajstić information content (AvgIpc) is 3.74. The van der Waals surface area contributed by atoms with Crippen LogP contribution in [0.2, 0.25) is 0 Å². The van der Waals surface area contributed by atoms with E-state index in [-0.39, 0.29) is 72.2 Å². The molecule has 0 fully saturated rings. The lowest BCUT2D eigenvalue weighted by Crippen LogP contribution is -2.49. The van der Waals surface area contributed by atoms with Crippen LogP contribution in [0.4, 0.5) is 0 Å². The number of nitrogens with one attached hydrogen (secondary N) is 3. The predicted octanol–water partition coefficient (Wildman–Crippen LogP) is 2.63. The molecule has 0 saturated carbocycles. The lowest BCUT2D eigenvalue weighted by Gasteiger charge is -2.23. The molecule has 4 aromatic rings. The van der Waals surface area contributed by atoms with E-state index in [1.165, 1.54) is 29.4 Å². The quantitative estimate of drug-likeness (QED) is 0.260. The number of aromatic nitrogens is 2. The molecule has 14 nitrogen and oxygen atoms in total. The first-order valence-electron chi connectivity index (χ1n) is 15.8. The number of nitrogens with zero attached hydrogens (tertiary/aromatic N) is 3. The topological polar surface area (TPSA) is 194 Å². The molecule has 0 aliphatic carbocycles. The molecule has 2 atom stereocenters. The summed E-state index contributed by atoms with van der Waals surface area (Å²) < 4.78 is 34.8. The number of hydrogen-bond acceptors (Lipinski definition) is 10. The molecule has 258 valence electrons. The van der Waals surface area contributed by atoms with Crippen LogP contribution in [-0.2, 0) is 38.8 Å². The summed E-state index contributed by atoms with van der Waals surface area (Å²) >= 11 is 0. The highest BCUT2D eigenvalue weighted by Crippen LogP contribution is 2.22. The molecule has 3 N–H and O–H groups in total. The second-order valence-corrected chi connectivity index (χ2v) is 14.3. The van der Waals surface area contributed by atoms with E-state index >= 15 is 0 Å². The van der Waals surface area contributed by atoms with Gasteiger partial charge in [-0.05, 0) is 35.6 Å². The summed E-state index contributed by atoms with van der Waals surface area (Å²) in [7, 11) is -3.41. The van der Waals surface area contributed by atoms with E-state index < -0.39 is 39.6 Å². The van der Waals surface area contributed by atoms with Crippen LogP contribution in [-0.4, -0.2) is 72.5 Å². The number of rotatable bonds is 7. The summed E-state index contributed by atoms with van der Waals surface area (Å²) in [6.07, 6.45) is 2.83. The SMILES string of the molecule is CC(C)C[C@H]1NC(=O)c2cc(on2)CN(C(=O)Cc2ccc(S(C)(=O)=O)cc2)CCNC(=O)[C@H](Cc2ccccc2)NC(=O)c2coc1n2. The number of amides is 4. The first-order valence-corrected chi connectivity index (χ1v) is 17.7. The lowest BCUT2D eigenvalue weighted by atomic mass is 10.0. The fraction of sp³-hybridized carbons (Fsp3) is 0.353. The van der Waals surface area contributed by atoms with Gasteiger partial charge in [0.1, 0.15) is 18.3 Å². The van der Waals surface area contributed by atoms with Crippen LogP contribution >= 0.6 is 0 Å². The number of sulfone groups is 1. The van der Waals surface area contributed by atoms with Crippen LogP contribution in [0.1, 0.15) is 70.1 Å². The minimum absolute atomic E-state index is 0.0191. The average molecular weight is 691 g/mol. The number of hydrogen-bond donors (Lipinski definition) is 3. The van der Waals surface area contributed by atoms with Crippen LogP contribution < -0.4 is 16.0 Å². The molecule has 0 unspecified atom stereocenters. The highest BCUT2D eigenvalue weighted by molar-refractivity contribution is 7.90. The molecule has 2 aromatic carbocycles. The Bertz CT molecular complexity index is 1900. The molecule has 3 heterocycles. The van der Waals surface area contributed by atoms with Crippen molar-refractivity contribution in [1.29, 1.82) is 0 Å². The Balaban J connectivity index is 1.43. The maximum atomic E-state index is 13.6. The Morgan fingerprint density at radius 1 is 0.959 bits per heavy atom. The molecule has 0 saturated heterocycles. The van der Waals surface area contributed by atoms with E-state index in [0.717, 1.165) is 11.8 Å². The van der Waals surface area contributed by atoms with Gasteiger partial charge in [0.25, 0.3) is 11.8 Å². The normalized spacial score (nSPS) is 17.9. The molecule has 49 heavy (non-hydrogen) atoms. The predicted molar refractivity (Wildman–Crippen MR) is 176 cm³/mol. The number of benzene rings is 2. The van der Waals surface area contributed by atoms with Crippen molar-refractivity contribution in [1.82, 2.24) is 31.0 Å². The van der Waals surface area contributed by atoms with Gasteiger partial charge in [0.2, 0.25) is 17.7 Å². The van der Waals surface area contributed by atoms with Crippen molar-refractivity contribution in [3.05, 3.63) is 101 Å². The fourth-order valence-electron chi connectivity index (χ4n) is 5.32. The Morgan fingerprint density at radius 3 is 2.35 bits per heavy atom. The molecule has 2 aromatic heterocycles. The smallest absolute Gasteiger partial charge is 0.274 e. The van der Waals surface area contributed by atoms with Gasteiger partial charge in [-0.25, -0.2) is 13.4 Å². The first kappa shape index (κ1) is 35.0. The van der Waals surface area contributed by atoms with Gasteiger partial charge < -0.3 is 29.8 Å². The number of fused-ring (bicyclic) bond motifs is 4. The van der Waals surface area contributed by atoms with Gasteiger partial charge in [-0.1, -0.05) is 61.5 Å². The van der Waals surface area contributed by atoms with E-state index in [9.17, 15) is 27.6 Å². The Kier molecular flexibility index (Phi) is 10.9. The third-order valence-electron chi connectivity index (χ3n) is 7.85. The highest BCUT2D eigenvalue weighted by Gasteiger charge is 2.28. The lowest BCUT2D eigenvalue weighted by molar-refractivity contribution is -0.132. The molecule has 5 rings (SSSR count). The van der Waals surface area contributed by atoms with Crippen molar-refractivity contribution >= 4 is 33.5 Å². The van der Waals surface area contributed by atoms with Crippen molar-refractivity contribution in [3.63, 3.8) is 0 Å². The van der Waals surface area contributed by atoms with E-state index in [1.807, 2.05) is 44.2 Å². The summed E-state index contributed by atoms with van der Waals surface area (Å²) in [4.78, 5) is 59.6. The van der Waals surface area contributed by atoms with Gasteiger partial charge in [0, 0.05) is 31.8 Å². The zero-order valence-electron chi connectivity index (χ0n) is 27.3. The maximum Gasteiger partial charge on any atom is 0.274 e. The molecule has 4 amide bonds. The summed E-state index contributed by atoms with van der Waals surface area (Å²) in [5.41, 5.74) is 1.30. The minimum Gasteiger partial charge on any atom is -0.446 e. The van der Waals surface area contributed by atoms with Gasteiger partial charge in [0.05, 0.1) is 17.9 Å². The van der Waals surface area contributed by atoms with E-state index in [0.29, 0.717) is 12.0 Å². The van der Waals surface area contributed by atoms with Crippen molar-refractivity contribution in [2.45, 2.75) is 56.6 Å². The third kappa shape index (κ3) is 9.41. The van der Waals surface area contributed by atoms with Crippen LogP contribution in [0.15, 0.2) is 80.8 Å². The summed E-state index contributed by atoms with van der Waals surface area (Å²) in [6.45, 7) is 3.91. The standard InChI is InChI=1S/C34H38N6O8S/c1-21(2)15-28-34-38-29(20-47-34)33(44)36-26(16-22-7-5-4-6-8-22)31(42)35-13-14-40(19-24-18-27(39-48-24)32(43)37-28)30(41)17-23-9-11-25(12-10-23)49(3,45)46/h4-12,18,20-21,26,28H,13-17,19H2,1-3H3,(H,35,42)(H,36,44)(H,37,43)/t26-,28+/m0/s1. The molecule has 4 bridgehead atoms. The van der Waals surface area contributed by atoms with Crippen LogP contribution in [0.5, 0.6) is 0 Å². The Hall–Kier alpha value is -5.31. The van der Waals surface area contributed by atoms with Gasteiger partial charge in [-0.2, -0.15) is 0 Å². The summed E-state index contributed by atoms with van der Waals surface area (Å²) in [6, 6.07) is 14.9. The highest BCUT2D eigenvalue weighted by atomic mass is 32.2. The zero-order chi connectivity index (χ0) is 35.1. The van der Waals surface area contributed by atoms with Crippen molar-refractivity contribution in [2.24, 2.45) is 5.92 Å². The van der Waals surface area contributed by atoms with Crippen molar-refractivity contribution in [2.75, 3.05) is 19.3 Å². The zero-order valence-corrected chi connectivity index (χ0v) is 28.2. The fourth-order valence-corrected chi connectivity index (χ4v) is 5.95. The monoisotopic (exact) mass is 690 g/mol. The Labute approximate surface area is 283 Å². The number of carbonyl (C=O) groups is 4. The van der Waals surface area contributed by atoms with Crippen LogP contribution in [0.3, 0.4) is 0 Å². The van der Waals surface area contributed by atoms with Gasteiger partial charge in [-0.3, -0.25) is 19.2 Å². The van der Waals surface area contributed by atoms with Gasteiger partial charge in [-0.15, -0.1) is 0 Å². The maximum absolute atomic E-state index is 13.6. The molecule has 1 aliphatic rings. The molecule has 15 heteroatoms. The third-order valence-corrected chi connectivity index (χ3v) is 8.98. The van der Waals surface area contributed by atoms with Crippen molar-refractivity contribution < 1.29 is 36.5 Å². The van der Waals surface area contributed by atoms with Crippen LogP contribution in [0, 0.1) is 5.92 Å². The van der Waals surface area contributed by atoms with E-state index in [2.05, 4.69) is 26.1 Å². The largest absolute Gasteiger partial charge is 0.446 e.